The number of rotatable bonds is 6. The fraction of sp³-hybridized carbons (Fsp3) is 0.421. The average molecular weight is 438 g/mol. The van der Waals surface area contributed by atoms with E-state index in [1.54, 1.807) is 26.0 Å². The monoisotopic (exact) mass is 437 g/mol. The topological polar surface area (TPSA) is 80.7 Å². The summed E-state index contributed by atoms with van der Waals surface area (Å²) in [5, 5.41) is 6.50. The molecule has 0 aromatic heterocycles. The van der Waals surface area contributed by atoms with Crippen molar-refractivity contribution in [3.63, 3.8) is 0 Å². The molecule has 1 atom stereocenters. The standard InChI is InChI=1S/C19H23N3O5S2/c1-6-26-17(23)15-12(3)21(4)19(28-15)22(13-8-10-14(25-5)11-9-13)20-16(29-19)18(24)27-7-2/h8-11H,6-7H2,1-5H3. The number of thioether (sulfide) groups is 2. The Bertz CT molecular complexity index is 871. The number of anilines is 1. The summed E-state index contributed by atoms with van der Waals surface area (Å²) < 4.78 is 14.7. The van der Waals surface area contributed by atoms with Gasteiger partial charge in [0.25, 0.3) is 0 Å². The van der Waals surface area contributed by atoms with E-state index in [2.05, 4.69) is 5.10 Å². The second kappa shape index (κ2) is 8.58. The molecule has 0 N–H and O–H groups in total. The zero-order valence-corrected chi connectivity index (χ0v) is 18.6. The Balaban J connectivity index is 2.01. The van der Waals surface area contributed by atoms with Gasteiger partial charge in [0.15, 0.2) is 0 Å². The van der Waals surface area contributed by atoms with Crippen LogP contribution in [-0.2, 0) is 19.1 Å². The molecule has 1 aromatic carbocycles. The molecule has 8 nitrogen and oxygen atoms in total. The van der Waals surface area contributed by atoms with E-state index < -0.39 is 16.3 Å². The zero-order chi connectivity index (χ0) is 21.2. The van der Waals surface area contributed by atoms with Gasteiger partial charge in [-0.3, -0.25) is 0 Å². The number of methoxy groups -OCH3 is 1. The molecule has 10 heteroatoms. The predicted molar refractivity (Wildman–Crippen MR) is 115 cm³/mol. The first-order chi connectivity index (χ1) is 13.9. The highest BCUT2D eigenvalue weighted by molar-refractivity contribution is 8.28. The lowest BCUT2D eigenvalue weighted by molar-refractivity contribution is -0.137. The minimum Gasteiger partial charge on any atom is -0.497 e. The largest absolute Gasteiger partial charge is 0.497 e. The van der Waals surface area contributed by atoms with Crippen molar-refractivity contribution >= 4 is 46.2 Å². The Labute approximate surface area is 178 Å². The summed E-state index contributed by atoms with van der Waals surface area (Å²) in [6.45, 7) is 5.90. The second-order valence-corrected chi connectivity index (χ2v) is 8.68. The van der Waals surface area contributed by atoms with E-state index >= 15 is 0 Å². The third-order valence-electron chi connectivity index (χ3n) is 4.41. The Hall–Kier alpha value is -2.33. The van der Waals surface area contributed by atoms with E-state index in [0.717, 1.165) is 11.4 Å². The van der Waals surface area contributed by atoms with Gasteiger partial charge in [-0.2, -0.15) is 5.10 Å². The van der Waals surface area contributed by atoms with Crippen molar-refractivity contribution in [2.45, 2.75) is 25.1 Å². The summed E-state index contributed by atoms with van der Waals surface area (Å²) in [5.74, 6) is -0.180. The van der Waals surface area contributed by atoms with Gasteiger partial charge in [-0.25, -0.2) is 14.6 Å². The van der Waals surface area contributed by atoms with Gasteiger partial charge in [0.2, 0.25) is 9.37 Å². The smallest absolute Gasteiger partial charge is 0.365 e. The number of esters is 2. The van der Waals surface area contributed by atoms with Crippen molar-refractivity contribution in [3.8, 4) is 5.75 Å². The molecule has 0 saturated carbocycles. The van der Waals surface area contributed by atoms with Crippen LogP contribution in [0.2, 0.25) is 0 Å². The maximum atomic E-state index is 12.5. The number of carbonyl (C=O) groups excluding carboxylic acids is 2. The summed E-state index contributed by atoms with van der Waals surface area (Å²) in [7, 11) is 3.46. The Morgan fingerprint density at radius 3 is 2.28 bits per heavy atom. The number of nitrogens with zero attached hydrogens (tertiary/aromatic N) is 3. The fourth-order valence-corrected chi connectivity index (χ4v) is 5.74. The molecule has 2 aliphatic heterocycles. The SMILES string of the molecule is CCOC(=O)C1=NN(c2ccc(OC)cc2)C2(S1)SC(C(=O)OCC)=C(C)N2C. The van der Waals surface area contributed by atoms with Crippen LogP contribution < -0.4 is 9.75 Å². The average Bonchev–Trinajstić information content (AvgIpc) is 3.23. The van der Waals surface area contributed by atoms with Crippen molar-refractivity contribution in [2.24, 2.45) is 5.10 Å². The minimum atomic E-state index is -0.886. The minimum absolute atomic E-state index is 0.222. The van der Waals surface area contributed by atoms with Crippen LogP contribution in [0.5, 0.6) is 5.75 Å². The van der Waals surface area contributed by atoms with Crippen LogP contribution in [0.15, 0.2) is 40.0 Å². The van der Waals surface area contributed by atoms with Gasteiger partial charge < -0.3 is 19.1 Å². The molecular formula is C19H23N3O5S2. The van der Waals surface area contributed by atoms with E-state index in [1.165, 1.54) is 23.5 Å². The molecule has 0 fully saturated rings. The van der Waals surface area contributed by atoms with Gasteiger partial charge in [0.1, 0.15) is 10.7 Å². The first-order valence-electron chi connectivity index (χ1n) is 9.07. The molecule has 1 unspecified atom stereocenters. The Morgan fingerprint density at radius 2 is 1.69 bits per heavy atom. The number of allylic oxidation sites excluding steroid dienone is 1. The third kappa shape index (κ3) is 3.78. The van der Waals surface area contributed by atoms with E-state index in [0.29, 0.717) is 10.7 Å². The normalized spacial score (nSPS) is 20.9. The molecule has 2 aliphatic rings. The van der Waals surface area contributed by atoms with Crippen LogP contribution >= 0.6 is 23.5 Å². The number of benzene rings is 1. The molecule has 0 amide bonds. The van der Waals surface area contributed by atoms with Gasteiger partial charge in [-0.1, -0.05) is 11.8 Å². The van der Waals surface area contributed by atoms with E-state index in [-0.39, 0.29) is 18.3 Å². The van der Waals surface area contributed by atoms with Crippen LogP contribution in [0.4, 0.5) is 5.69 Å². The van der Waals surface area contributed by atoms with E-state index in [4.69, 9.17) is 14.2 Å². The summed E-state index contributed by atoms with van der Waals surface area (Å²) in [6.07, 6.45) is 0. The predicted octanol–water partition coefficient (Wildman–Crippen LogP) is 3.21. The van der Waals surface area contributed by atoms with Gasteiger partial charge in [0, 0.05) is 12.7 Å². The maximum absolute atomic E-state index is 12.5. The molecular weight excluding hydrogens is 414 g/mol. The molecule has 0 saturated heterocycles. The molecule has 156 valence electrons. The van der Waals surface area contributed by atoms with Crippen LogP contribution in [0.3, 0.4) is 0 Å². The van der Waals surface area contributed by atoms with Gasteiger partial charge in [-0.15, -0.1) is 0 Å². The molecule has 1 spiro atoms. The summed E-state index contributed by atoms with van der Waals surface area (Å²) in [6, 6.07) is 7.34. The lowest BCUT2D eigenvalue weighted by atomic mass is 10.3. The van der Waals surface area contributed by atoms with E-state index in [9.17, 15) is 9.59 Å². The molecule has 1 aromatic rings. The van der Waals surface area contributed by atoms with Crippen LogP contribution in [0.25, 0.3) is 0 Å². The zero-order valence-electron chi connectivity index (χ0n) is 16.9. The maximum Gasteiger partial charge on any atom is 0.365 e. The molecule has 0 aliphatic carbocycles. The fourth-order valence-electron chi connectivity index (χ4n) is 2.86. The summed E-state index contributed by atoms with van der Waals surface area (Å²) >= 11 is 2.55. The second-order valence-electron chi connectivity index (χ2n) is 6.08. The first kappa shape index (κ1) is 21.4. The Kier molecular flexibility index (Phi) is 6.33. The molecule has 0 radical (unpaired) electrons. The highest BCUT2D eigenvalue weighted by Gasteiger charge is 2.56. The van der Waals surface area contributed by atoms with Crippen molar-refractivity contribution in [3.05, 3.63) is 34.9 Å². The van der Waals surface area contributed by atoms with E-state index in [1.807, 2.05) is 43.1 Å². The van der Waals surface area contributed by atoms with Gasteiger partial charge in [0.05, 0.1) is 26.0 Å². The number of hydrazone groups is 1. The number of hydrogen-bond donors (Lipinski definition) is 0. The van der Waals surface area contributed by atoms with Crippen LogP contribution in [0.1, 0.15) is 20.8 Å². The highest BCUT2D eigenvalue weighted by Crippen LogP contribution is 2.58. The van der Waals surface area contributed by atoms with Crippen molar-refractivity contribution in [2.75, 3.05) is 32.4 Å². The van der Waals surface area contributed by atoms with Crippen LogP contribution in [0, 0.1) is 0 Å². The third-order valence-corrected chi connectivity index (χ3v) is 7.44. The quantitative estimate of drug-likeness (QED) is 0.623. The highest BCUT2D eigenvalue weighted by atomic mass is 32.2. The van der Waals surface area contributed by atoms with Gasteiger partial charge in [-0.05, 0) is 56.8 Å². The number of hydrogen-bond acceptors (Lipinski definition) is 10. The first-order valence-corrected chi connectivity index (χ1v) is 10.7. The van der Waals surface area contributed by atoms with Gasteiger partial charge >= 0.3 is 11.9 Å². The molecule has 29 heavy (non-hydrogen) atoms. The van der Waals surface area contributed by atoms with Crippen molar-refractivity contribution in [1.82, 2.24) is 4.90 Å². The van der Waals surface area contributed by atoms with Crippen molar-refractivity contribution in [1.29, 1.82) is 0 Å². The molecule has 2 heterocycles. The lowest BCUT2D eigenvalue weighted by Crippen LogP contribution is -2.47. The number of ether oxygens (including phenoxy) is 3. The Morgan fingerprint density at radius 1 is 1.07 bits per heavy atom. The summed E-state index contributed by atoms with van der Waals surface area (Å²) in [5.41, 5.74) is 1.50. The lowest BCUT2D eigenvalue weighted by Gasteiger charge is -2.39. The molecule has 0 bridgehead atoms. The summed E-state index contributed by atoms with van der Waals surface area (Å²) in [4.78, 5) is 27.3. The van der Waals surface area contributed by atoms with Crippen molar-refractivity contribution < 1.29 is 23.8 Å². The number of carbonyl (C=O) groups is 2. The van der Waals surface area contributed by atoms with Crippen LogP contribution in [-0.4, -0.2) is 53.6 Å². The molecule has 3 rings (SSSR count).